The van der Waals surface area contributed by atoms with E-state index in [2.05, 4.69) is 0 Å². The normalized spacial score (nSPS) is 11.3. The third kappa shape index (κ3) is 3.57. The van der Waals surface area contributed by atoms with Gasteiger partial charge in [0, 0.05) is 0 Å². The minimum absolute atomic E-state index is 0.232. The van der Waals surface area contributed by atoms with Crippen molar-refractivity contribution in [3.05, 3.63) is 30.3 Å². The second kappa shape index (κ2) is 5.01. The van der Waals surface area contributed by atoms with Crippen LogP contribution in [0.3, 0.4) is 0 Å². The Morgan fingerprint density at radius 1 is 1.19 bits per heavy atom. The molecule has 0 spiro atoms. The number of hydrogen-bond acceptors (Lipinski definition) is 3. The first-order valence-electron chi connectivity index (χ1n) is 5.37. The van der Waals surface area contributed by atoms with Gasteiger partial charge in [-0.15, -0.1) is 0 Å². The van der Waals surface area contributed by atoms with Crippen LogP contribution in [0.5, 0.6) is 5.75 Å². The van der Waals surface area contributed by atoms with Crippen molar-refractivity contribution in [1.29, 1.82) is 0 Å². The number of hydrogen-bond donors (Lipinski definition) is 0. The van der Waals surface area contributed by atoms with Gasteiger partial charge in [0.2, 0.25) is 0 Å². The van der Waals surface area contributed by atoms with Gasteiger partial charge in [0.25, 0.3) is 0 Å². The summed E-state index contributed by atoms with van der Waals surface area (Å²) in [5.41, 5.74) is -0.522. The van der Waals surface area contributed by atoms with Gasteiger partial charge in [-0.3, -0.25) is 0 Å². The molecule has 0 saturated carbocycles. The highest BCUT2D eigenvalue weighted by atomic mass is 16.7. The molecule has 1 aromatic carbocycles. The van der Waals surface area contributed by atoms with Crippen LogP contribution in [-0.4, -0.2) is 11.8 Å². The Morgan fingerprint density at radius 2 is 1.75 bits per heavy atom. The molecule has 0 aromatic heterocycles. The van der Waals surface area contributed by atoms with Gasteiger partial charge in [0.05, 0.1) is 0 Å². The summed E-state index contributed by atoms with van der Waals surface area (Å²) in [6, 6.07) is 8.88. The van der Waals surface area contributed by atoms with Crippen LogP contribution in [-0.2, 0) is 4.74 Å². The van der Waals surface area contributed by atoms with Crippen molar-refractivity contribution in [2.75, 3.05) is 0 Å². The van der Waals surface area contributed by atoms with E-state index >= 15 is 0 Å². The van der Waals surface area contributed by atoms with Crippen LogP contribution in [0.4, 0.5) is 4.79 Å². The molecule has 0 N–H and O–H groups in total. The summed E-state index contributed by atoms with van der Waals surface area (Å²) in [4.78, 5) is 11.5. The highest BCUT2D eigenvalue weighted by Crippen LogP contribution is 2.21. The molecule has 1 aromatic rings. The van der Waals surface area contributed by atoms with Crippen molar-refractivity contribution >= 4 is 6.16 Å². The molecule has 0 saturated heterocycles. The van der Waals surface area contributed by atoms with E-state index in [-0.39, 0.29) is 5.92 Å². The molecule has 0 unspecified atom stereocenters. The van der Waals surface area contributed by atoms with Crippen molar-refractivity contribution in [1.82, 2.24) is 0 Å². The molecule has 0 aliphatic carbocycles. The zero-order valence-corrected chi connectivity index (χ0v) is 10.2. The first kappa shape index (κ1) is 12.6. The largest absolute Gasteiger partial charge is 0.514 e. The lowest BCUT2D eigenvalue weighted by Gasteiger charge is -2.28. The second-order valence-corrected chi connectivity index (χ2v) is 4.53. The molecule has 0 fully saturated rings. The van der Waals surface area contributed by atoms with Crippen LogP contribution < -0.4 is 4.74 Å². The van der Waals surface area contributed by atoms with E-state index in [4.69, 9.17) is 9.47 Å². The summed E-state index contributed by atoms with van der Waals surface area (Å²) in [6.07, 6.45) is -0.662. The Hall–Kier alpha value is -1.51. The Bertz CT molecular complexity index is 341. The number of benzene rings is 1. The minimum Gasteiger partial charge on any atom is -0.428 e. The maximum absolute atomic E-state index is 11.5. The lowest BCUT2D eigenvalue weighted by Crippen LogP contribution is -2.34. The quantitative estimate of drug-likeness (QED) is 0.578. The fraction of sp³-hybridized carbons (Fsp3) is 0.462. The van der Waals surface area contributed by atoms with E-state index in [1.165, 1.54) is 0 Å². The van der Waals surface area contributed by atoms with Crippen molar-refractivity contribution in [2.45, 2.75) is 33.3 Å². The molecule has 0 heterocycles. The summed E-state index contributed by atoms with van der Waals surface area (Å²) in [5, 5.41) is 0. The predicted molar refractivity (Wildman–Crippen MR) is 62.5 cm³/mol. The van der Waals surface area contributed by atoms with Gasteiger partial charge in [0.1, 0.15) is 11.4 Å². The van der Waals surface area contributed by atoms with Crippen molar-refractivity contribution in [2.24, 2.45) is 5.92 Å². The summed E-state index contributed by atoms with van der Waals surface area (Å²) in [6.45, 7) is 7.72. The van der Waals surface area contributed by atoms with Crippen LogP contribution in [0.1, 0.15) is 27.7 Å². The van der Waals surface area contributed by atoms with E-state index < -0.39 is 11.8 Å². The molecule has 0 aliphatic heterocycles. The Morgan fingerprint density at radius 3 is 2.25 bits per heavy atom. The number of ether oxygens (including phenoxy) is 2. The van der Waals surface area contributed by atoms with E-state index in [9.17, 15) is 4.79 Å². The zero-order chi connectivity index (χ0) is 12.2. The van der Waals surface area contributed by atoms with Gasteiger partial charge in [-0.05, 0) is 31.9 Å². The number of carbonyl (C=O) groups excluding carboxylic acids is 1. The molecular formula is C13H18O3. The summed E-state index contributed by atoms with van der Waals surface area (Å²) >= 11 is 0. The van der Waals surface area contributed by atoms with Crippen molar-refractivity contribution in [3.8, 4) is 5.75 Å². The first-order chi connectivity index (χ1) is 7.42. The molecule has 0 aliphatic rings. The Labute approximate surface area is 96.4 Å². The third-order valence-corrected chi connectivity index (χ3v) is 2.68. The number of para-hydroxylation sites is 1. The Kier molecular flexibility index (Phi) is 3.93. The van der Waals surface area contributed by atoms with Gasteiger partial charge < -0.3 is 9.47 Å². The molecule has 3 nitrogen and oxygen atoms in total. The van der Waals surface area contributed by atoms with E-state index in [0.717, 1.165) is 0 Å². The van der Waals surface area contributed by atoms with Gasteiger partial charge >= 0.3 is 6.16 Å². The lowest BCUT2D eigenvalue weighted by molar-refractivity contribution is -0.0189. The molecule has 88 valence electrons. The van der Waals surface area contributed by atoms with E-state index in [1.807, 2.05) is 33.8 Å². The highest BCUT2D eigenvalue weighted by molar-refractivity contribution is 5.64. The molecule has 3 heteroatoms. The summed E-state index contributed by atoms with van der Waals surface area (Å²) in [7, 11) is 0. The fourth-order valence-corrected chi connectivity index (χ4v) is 0.938. The molecule has 0 atom stereocenters. The van der Waals surface area contributed by atoms with Crippen LogP contribution in [0.25, 0.3) is 0 Å². The average molecular weight is 222 g/mol. The van der Waals surface area contributed by atoms with Crippen LogP contribution in [0.15, 0.2) is 30.3 Å². The Balaban J connectivity index is 2.55. The van der Waals surface area contributed by atoms with Crippen molar-refractivity contribution in [3.63, 3.8) is 0 Å². The maximum Gasteiger partial charge on any atom is 0.514 e. The SMILES string of the molecule is CC(C)C(C)(C)OC(=O)Oc1ccccc1. The summed E-state index contributed by atoms with van der Waals surface area (Å²) < 4.78 is 10.3. The number of rotatable bonds is 3. The fourth-order valence-electron chi connectivity index (χ4n) is 0.938. The van der Waals surface area contributed by atoms with Gasteiger partial charge in [0.15, 0.2) is 0 Å². The molecule has 1 rings (SSSR count). The molecule has 16 heavy (non-hydrogen) atoms. The minimum atomic E-state index is -0.662. The molecule has 0 radical (unpaired) electrons. The smallest absolute Gasteiger partial charge is 0.428 e. The molecule has 0 bridgehead atoms. The van der Waals surface area contributed by atoms with E-state index in [1.54, 1.807) is 24.3 Å². The van der Waals surface area contributed by atoms with Gasteiger partial charge in [-0.2, -0.15) is 0 Å². The zero-order valence-electron chi connectivity index (χ0n) is 10.2. The highest BCUT2D eigenvalue weighted by Gasteiger charge is 2.27. The number of carbonyl (C=O) groups is 1. The van der Waals surface area contributed by atoms with Crippen LogP contribution in [0.2, 0.25) is 0 Å². The van der Waals surface area contributed by atoms with Gasteiger partial charge in [-0.25, -0.2) is 4.79 Å². The second-order valence-electron chi connectivity index (χ2n) is 4.53. The topological polar surface area (TPSA) is 35.5 Å². The third-order valence-electron chi connectivity index (χ3n) is 2.68. The average Bonchev–Trinajstić information content (AvgIpc) is 2.17. The first-order valence-corrected chi connectivity index (χ1v) is 5.37. The van der Waals surface area contributed by atoms with Crippen molar-refractivity contribution < 1.29 is 14.3 Å². The lowest BCUT2D eigenvalue weighted by atomic mass is 9.95. The van der Waals surface area contributed by atoms with Crippen LogP contribution >= 0.6 is 0 Å². The summed E-state index contributed by atoms with van der Waals surface area (Å²) in [5.74, 6) is 0.725. The monoisotopic (exact) mass is 222 g/mol. The predicted octanol–water partition coefficient (Wildman–Crippen LogP) is 3.64. The maximum atomic E-state index is 11.5. The molecular weight excluding hydrogens is 204 g/mol. The molecule has 0 amide bonds. The van der Waals surface area contributed by atoms with Crippen LogP contribution in [0, 0.1) is 5.92 Å². The standard InChI is InChI=1S/C13H18O3/c1-10(2)13(3,4)16-12(14)15-11-8-6-5-7-9-11/h5-10H,1-4H3. The van der Waals surface area contributed by atoms with E-state index in [0.29, 0.717) is 5.75 Å². The van der Waals surface area contributed by atoms with Gasteiger partial charge in [-0.1, -0.05) is 32.0 Å².